The summed E-state index contributed by atoms with van der Waals surface area (Å²) in [5.41, 5.74) is -0.433. The first kappa shape index (κ1) is 15.7. The number of anilines is 1. The van der Waals surface area contributed by atoms with E-state index in [0.717, 1.165) is 6.07 Å². The smallest absolute Gasteiger partial charge is 0.313 e. The van der Waals surface area contributed by atoms with E-state index in [1.807, 2.05) is 0 Å². The molecule has 0 aromatic heterocycles. The Morgan fingerprint density at radius 2 is 2.20 bits per heavy atom. The number of esters is 1. The summed E-state index contributed by atoms with van der Waals surface area (Å²) in [6.45, 7) is 2.11. The minimum absolute atomic E-state index is 0.0248. The van der Waals surface area contributed by atoms with Crippen LogP contribution in [0, 0.1) is 15.9 Å². The van der Waals surface area contributed by atoms with Crippen LogP contribution < -0.4 is 10.1 Å². The predicted molar refractivity (Wildman–Crippen MR) is 69.3 cm³/mol. The van der Waals surface area contributed by atoms with E-state index in [0.29, 0.717) is 0 Å². The molecule has 0 spiro atoms. The zero-order chi connectivity index (χ0) is 15.1. The van der Waals surface area contributed by atoms with Gasteiger partial charge in [-0.2, -0.15) is 0 Å². The van der Waals surface area contributed by atoms with Gasteiger partial charge in [-0.3, -0.25) is 14.9 Å². The molecule has 0 saturated carbocycles. The molecule has 0 amide bonds. The van der Waals surface area contributed by atoms with E-state index in [2.05, 4.69) is 5.32 Å². The van der Waals surface area contributed by atoms with E-state index in [-0.39, 0.29) is 31.0 Å². The normalized spacial score (nSPS) is 9.95. The molecule has 0 heterocycles. The van der Waals surface area contributed by atoms with Crippen LogP contribution in [-0.4, -0.2) is 31.2 Å². The van der Waals surface area contributed by atoms with Crippen molar-refractivity contribution in [3.05, 3.63) is 28.1 Å². The lowest BCUT2D eigenvalue weighted by Gasteiger charge is -2.09. The fourth-order valence-corrected chi connectivity index (χ4v) is 1.52. The Bertz CT molecular complexity index is 507. The number of carbonyl (C=O) groups excluding carboxylic acids is 1. The number of nitro groups is 1. The lowest BCUT2D eigenvalue weighted by atomic mass is 10.2. The van der Waals surface area contributed by atoms with Gasteiger partial charge in [0.1, 0.15) is 0 Å². The summed E-state index contributed by atoms with van der Waals surface area (Å²) in [5.74, 6) is -1.26. The van der Waals surface area contributed by atoms with E-state index < -0.39 is 22.4 Å². The molecular formula is C12H15FN2O5. The van der Waals surface area contributed by atoms with Crippen molar-refractivity contribution in [1.82, 2.24) is 0 Å². The third kappa shape index (κ3) is 4.08. The van der Waals surface area contributed by atoms with Crippen molar-refractivity contribution in [2.75, 3.05) is 25.6 Å². The largest absolute Gasteiger partial charge is 0.490 e. The molecular weight excluding hydrogens is 271 g/mol. The fraction of sp³-hybridized carbons (Fsp3) is 0.417. The van der Waals surface area contributed by atoms with Gasteiger partial charge in [-0.05, 0) is 6.92 Å². The Morgan fingerprint density at radius 1 is 1.50 bits per heavy atom. The zero-order valence-electron chi connectivity index (χ0n) is 11.1. The Morgan fingerprint density at radius 3 is 2.75 bits per heavy atom. The average molecular weight is 286 g/mol. The first-order chi connectivity index (χ1) is 9.49. The van der Waals surface area contributed by atoms with Gasteiger partial charge in [-0.1, -0.05) is 0 Å². The number of hydrogen-bond donors (Lipinski definition) is 1. The Labute approximate surface area is 114 Å². The van der Waals surface area contributed by atoms with Crippen molar-refractivity contribution < 1.29 is 23.6 Å². The van der Waals surface area contributed by atoms with Crippen molar-refractivity contribution in [3.63, 3.8) is 0 Å². The number of halogens is 1. The standard InChI is InChI=1S/C12H15FN2O5/c1-3-20-12(16)4-5-14-9-7-11(19-2)10(15(17)18)6-8(9)13/h6-7,14H,3-5H2,1-2H3. The molecule has 0 unspecified atom stereocenters. The second kappa shape index (κ2) is 7.27. The summed E-state index contributed by atoms with van der Waals surface area (Å²) in [7, 11) is 1.25. The van der Waals surface area contributed by atoms with Crippen LogP contribution >= 0.6 is 0 Å². The summed E-state index contributed by atoms with van der Waals surface area (Å²) < 4.78 is 23.2. The van der Waals surface area contributed by atoms with E-state index in [1.165, 1.54) is 13.2 Å². The molecule has 1 aromatic carbocycles. The molecule has 0 aliphatic rings. The molecule has 1 N–H and O–H groups in total. The average Bonchev–Trinajstić information content (AvgIpc) is 2.40. The minimum atomic E-state index is -0.790. The summed E-state index contributed by atoms with van der Waals surface area (Å²) >= 11 is 0. The second-order valence-corrected chi connectivity index (χ2v) is 3.74. The molecule has 0 fully saturated rings. The number of ether oxygens (including phenoxy) is 2. The van der Waals surface area contributed by atoms with Crippen LogP contribution in [0.25, 0.3) is 0 Å². The SMILES string of the molecule is CCOC(=O)CCNc1cc(OC)c([N+](=O)[O-])cc1F. The molecule has 7 nitrogen and oxygen atoms in total. The number of nitro benzene ring substituents is 1. The maximum Gasteiger partial charge on any atom is 0.313 e. The van der Waals surface area contributed by atoms with Crippen molar-refractivity contribution in [1.29, 1.82) is 0 Å². The van der Waals surface area contributed by atoms with Crippen molar-refractivity contribution in [2.45, 2.75) is 13.3 Å². The van der Waals surface area contributed by atoms with Gasteiger partial charge in [0.15, 0.2) is 11.6 Å². The highest BCUT2D eigenvalue weighted by Crippen LogP contribution is 2.32. The molecule has 0 aliphatic heterocycles. The maximum atomic E-state index is 13.7. The highest BCUT2D eigenvalue weighted by atomic mass is 19.1. The Kier molecular flexibility index (Phi) is 5.70. The van der Waals surface area contributed by atoms with E-state index in [9.17, 15) is 19.3 Å². The molecule has 0 aliphatic carbocycles. The Hall–Kier alpha value is -2.38. The molecule has 1 aromatic rings. The quantitative estimate of drug-likeness (QED) is 0.469. The van der Waals surface area contributed by atoms with Gasteiger partial charge < -0.3 is 14.8 Å². The lowest BCUT2D eigenvalue weighted by molar-refractivity contribution is -0.385. The number of nitrogens with zero attached hydrogens (tertiary/aromatic N) is 1. The molecule has 110 valence electrons. The number of nitrogens with one attached hydrogen (secondary N) is 1. The van der Waals surface area contributed by atoms with Gasteiger partial charge in [0.25, 0.3) is 0 Å². The van der Waals surface area contributed by atoms with Crippen LogP contribution in [0.2, 0.25) is 0 Å². The molecule has 8 heteroatoms. The first-order valence-electron chi connectivity index (χ1n) is 5.91. The zero-order valence-corrected chi connectivity index (χ0v) is 11.1. The number of hydrogen-bond acceptors (Lipinski definition) is 6. The third-order valence-electron chi connectivity index (χ3n) is 2.42. The van der Waals surface area contributed by atoms with Crippen LogP contribution in [0.5, 0.6) is 5.75 Å². The number of rotatable bonds is 7. The highest BCUT2D eigenvalue weighted by Gasteiger charge is 2.19. The van der Waals surface area contributed by atoms with Gasteiger partial charge in [0.05, 0.1) is 36.8 Å². The molecule has 0 radical (unpaired) electrons. The third-order valence-corrected chi connectivity index (χ3v) is 2.42. The van der Waals surface area contributed by atoms with Gasteiger partial charge in [-0.25, -0.2) is 4.39 Å². The maximum absolute atomic E-state index is 13.7. The van der Waals surface area contributed by atoms with E-state index >= 15 is 0 Å². The number of methoxy groups -OCH3 is 1. The van der Waals surface area contributed by atoms with Crippen LogP contribution in [0.15, 0.2) is 12.1 Å². The van der Waals surface area contributed by atoms with Gasteiger partial charge >= 0.3 is 11.7 Å². The van der Waals surface area contributed by atoms with Crippen molar-refractivity contribution in [2.24, 2.45) is 0 Å². The molecule has 1 rings (SSSR count). The number of benzene rings is 1. The first-order valence-corrected chi connectivity index (χ1v) is 5.91. The summed E-state index contributed by atoms with van der Waals surface area (Å²) in [6, 6.07) is 1.95. The van der Waals surface area contributed by atoms with Crippen LogP contribution in [0.1, 0.15) is 13.3 Å². The molecule has 20 heavy (non-hydrogen) atoms. The fourth-order valence-electron chi connectivity index (χ4n) is 1.52. The number of carbonyl (C=O) groups is 1. The highest BCUT2D eigenvalue weighted by molar-refractivity contribution is 5.70. The summed E-state index contributed by atoms with van der Waals surface area (Å²) in [5, 5.41) is 13.4. The Balaban J connectivity index is 2.76. The van der Waals surface area contributed by atoms with Gasteiger partial charge in [-0.15, -0.1) is 0 Å². The molecule has 0 atom stereocenters. The van der Waals surface area contributed by atoms with Gasteiger partial charge in [0.2, 0.25) is 0 Å². The van der Waals surface area contributed by atoms with Crippen LogP contribution in [-0.2, 0) is 9.53 Å². The second-order valence-electron chi connectivity index (χ2n) is 3.74. The topological polar surface area (TPSA) is 90.7 Å². The van der Waals surface area contributed by atoms with Crippen molar-refractivity contribution in [3.8, 4) is 5.75 Å². The minimum Gasteiger partial charge on any atom is -0.490 e. The predicted octanol–water partition coefficient (Wildman–Crippen LogP) is 2.11. The van der Waals surface area contributed by atoms with Gasteiger partial charge in [0, 0.05) is 12.6 Å². The van der Waals surface area contributed by atoms with Crippen molar-refractivity contribution >= 4 is 17.3 Å². The molecule has 0 saturated heterocycles. The lowest BCUT2D eigenvalue weighted by Crippen LogP contribution is -2.12. The summed E-state index contributed by atoms with van der Waals surface area (Å²) in [4.78, 5) is 21.1. The monoisotopic (exact) mass is 286 g/mol. The van der Waals surface area contributed by atoms with E-state index in [4.69, 9.17) is 9.47 Å². The molecule has 0 bridgehead atoms. The summed E-state index contributed by atoms with van der Waals surface area (Å²) in [6.07, 6.45) is 0.0621. The van der Waals surface area contributed by atoms with E-state index in [1.54, 1.807) is 6.92 Å². The van der Waals surface area contributed by atoms with Crippen LogP contribution in [0.3, 0.4) is 0 Å². The van der Waals surface area contributed by atoms with Crippen LogP contribution in [0.4, 0.5) is 15.8 Å².